The maximum Gasteiger partial charge on any atom is 0.437 e. The van der Waals surface area contributed by atoms with Crippen molar-refractivity contribution in [1.82, 2.24) is 4.90 Å². The second-order valence-electron chi connectivity index (χ2n) is 7.26. The van der Waals surface area contributed by atoms with Crippen LogP contribution >= 0.6 is 0 Å². The molecule has 1 aliphatic heterocycles. The van der Waals surface area contributed by atoms with Gasteiger partial charge in [0.25, 0.3) is 0 Å². The molecule has 2 fully saturated rings. The number of anilines is 1. The van der Waals surface area contributed by atoms with Crippen molar-refractivity contribution in [3.8, 4) is 0 Å². The lowest BCUT2D eigenvalue weighted by Crippen LogP contribution is -2.38. The number of aryl methyl sites for hydroxylation is 1. The van der Waals surface area contributed by atoms with E-state index in [1.165, 1.54) is 38.8 Å². The summed E-state index contributed by atoms with van der Waals surface area (Å²) in [5.74, 6) is 0.430. The van der Waals surface area contributed by atoms with Crippen LogP contribution in [0.15, 0.2) is 29.4 Å². The molecule has 1 N–H and O–H groups in total. The van der Waals surface area contributed by atoms with Gasteiger partial charge in [0.1, 0.15) is 0 Å². The molecule has 1 heterocycles. The van der Waals surface area contributed by atoms with Gasteiger partial charge in [-0.2, -0.15) is 0 Å². The van der Waals surface area contributed by atoms with Crippen molar-refractivity contribution in [2.75, 3.05) is 25.0 Å². The Morgan fingerprint density at radius 1 is 1.16 bits per heavy atom. The minimum absolute atomic E-state index is 0.430. The van der Waals surface area contributed by atoms with Gasteiger partial charge < -0.3 is 4.90 Å². The van der Waals surface area contributed by atoms with Crippen molar-refractivity contribution in [3.05, 3.63) is 29.8 Å². The largest absolute Gasteiger partial charge is 0.437 e. The molecule has 1 aliphatic carbocycles. The normalized spacial score (nSPS) is 23.4. The second kappa shape index (κ2) is 8.99. The van der Waals surface area contributed by atoms with Gasteiger partial charge in [0, 0.05) is 18.2 Å². The molecular formula is C20H29N3O2. The van der Waals surface area contributed by atoms with Crippen molar-refractivity contribution in [1.29, 1.82) is 0 Å². The third kappa shape index (κ3) is 5.56. The highest BCUT2D eigenvalue weighted by atomic mass is 16.7. The zero-order valence-electron chi connectivity index (χ0n) is 15.2. The molecule has 5 nitrogen and oxygen atoms in total. The van der Waals surface area contributed by atoms with Gasteiger partial charge in [-0.25, -0.2) is 4.79 Å². The lowest BCUT2D eigenvalue weighted by molar-refractivity contribution is 0.162. The van der Waals surface area contributed by atoms with Gasteiger partial charge in [-0.3, -0.25) is 10.2 Å². The van der Waals surface area contributed by atoms with E-state index in [4.69, 9.17) is 4.84 Å². The van der Waals surface area contributed by atoms with Crippen LogP contribution in [0.5, 0.6) is 0 Å². The summed E-state index contributed by atoms with van der Waals surface area (Å²) in [5, 5.41) is 6.95. The standard InChI is InChI=1S/C20H29N3O2/c1-16-9-11-18(12-10-16)21-20(24)25-22-19-8-4-3-7-17(19)15-23-13-5-2-6-14-23/h9-12,17H,2-8,13-15H2,1H3,(H,21,24)/b22-19+. The number of hydrogen-bond acceptors (Lipinski definition) is 4. The number of carbonyl (C=O) groups is 1. The lowest BCUT2D eigenvalue weighted by atomic mass is 9.86. The molecular weight excluding hydrogens is 314 g/mol. The first-order valence-electron chi connectivity index (χ1n) is 9.54. The first kappa shape index (κ1) is 17.9. The molecule has 0 bridgehead atoms. The summed E-state index contributed by atoms with van der Waals surface area (Å²) in [6.45, 7) is 5.46. The molecule has 1 saturated heterocycles. The number of hydrogen-bond donors (Lipinski definition) is 1. The molecule has 0 spiro atoms. The Balaban J connectivity index is 1.53. The third-order valence-corrected chi connectivity index (χ3v) is 5.18. The molecule has 136 valence electrons. The average molecular weight is 343 g/mol. The Morgan fingerprint density at radius 2 is 1.92 bits per heavy atom. The molecule has 1 aromatic carbocycles. The summed E-state index contributed by atoms with van der Waals surface area (Å²) < 4.78 is 0. The van der Waals surface area contributed by atoms with E-state index in [-0.39, 0.29) is 0 Å². The van der Waals surface area contributed by atoms with Crippen LogP contribution in [0, 0.1) is 12.8 Å². The van der Waals surface area contributed by atoms with Crippen molar-refractivity contribution < 1.29 is 9.63 Å². The zero-order chi connectivity index (χ0) is 17.5. The number of amides is 1. The van der Waals surface area contributed by atoms with E-state index < -0.39 is 6.09 Å². The first-order chi connectivity index (χ1) is 12.2. The molecule has 2 aliphatic rings. The topological polar surface area (TPSA) is 53.9 Å². The van der Waals surface area contributed by atoms with Gasteiger partial charge >= 0.3 is 6.09 Å². The number of nitrogens with one attached hydrogen (secondary N) is 1. The number of likely N-dealkylation sites (tertiary alicyclic amines) is 1. The van der Waals surface area contributed by atoms with E-state index in [1.54, 1.807) is 0 Å². The van der Waals surface area contributed by atoms with E-state index >= 15 is 0 Å². The van der Waals surface area contributed by atoms with E-state index in [0.29, 0.717) is 5.92 Å². The molecule has 0 aromatic heterocycles. The van der Waals surface area contributed by atoms with Crippen LogP contribution in [0.1, 0.15) is 50.5 Å². The first-order valence-corrected chi connectivity index (χ1v) is 9.54. The maximum atomic E-state index is 12.0. The van der Waals surface area contributed by atoms with Crippen LogP contribution in [0.2, 0.25) is 0 Å². The predicted octanol–water partition coefficient (Wildman–Crippen LogP) is 4.58. The van der Waals surface area contributed by atoms with E-state index in [2.05, 4.69) is 15.4 Å². The molecule has 0 radical (unpaired) electrons. The Labute approximate surface area is 150 Å². The van der Waals surface area contributed by atoms with Crippen LogP contribution in [0.3, 0.4) is 0 Å². The Morgan fingerprint density at radius 3 is 2.68 bits per heavy atom. The molecule has 1 saturated carbocycles. The molecule has 5 heteroatoms. The molecule has 1 unspecified atom stereocenters. The summed E-state index contributed by atoms with van der Waals surface area (Å²) >= 11 is 0. The fraction of sp³-hybridized carbons (Fsp3) is 0.600. The zero-order valence-corrected chi connectivity index (χ0v) is 15.2. The number of carbonyl (C=O) groups excluding carboxylic acids is 1. The maximum absolute atomic E-state index is 12.0. The highest BCUT2D eigenvalue weighted by molar-refractivity contribution is 5.89. The van der Waals surface area contributed by atoms with Gasteiger partial charge in [-0.1, -0.05) is 35.7 Å². The predicted molar refractivity (Wildman–Crippen MR) is 101 cm³/mol. The third-order valence-electron chi connectivity index (χ3n) is 5.18. The van der Waals surface area contributed by atoms with E-state index in [9.17, 15) is 4.79 Å². The van der Waals surface area contributed by atoms with Crippen molar-refractivity contribution in [3.63, 3.8) is 0 Å². The molecule has 1 amide bonds. The van der Waals surface area contributed by atoms with Gasteiger partial charge in [0.2, 0.25) is 0 Å². The molecule has 25 heavy (non-hydrogen) atoms. The SMILES string of the molecule is Cc1ccc(NC(=O)O/N=C2\CCCCC2CN2CCCCC2)cc1. The molecule has 1 aromatic rings. The summed E-state index contributed by atoms with van der Waals surface area (Å²) in [6.07, 6.45) is 7.91. The Hall–Kier alpha value is -1.88. The fourth-order valence-corrected chi connectivity index (χ4v) is 3.72. The second-order valence-corrected chi connectivity index (χ2v) is 7.26. The lowest BCUT2D eigenvalue weighted by Gasteiger charge is -2.32. The fourth-order valence-electron chi connectivity index (χ4n) is 3.72. The monoisotopic (exact) mass is 343 g/mol. The number of rotatable bonds is 4. The van der Waals surface area contributed by atoms with Crippen LogP contribution in [0.25, 0.3) is 0 Å². The van der Waals surface area contributed by atoms with Crippen LogP contribution in [0.4, 0.5) is 10.5 Å². The number of benzene rings is 1. The minimum atomic E-state index is -0.515. The van der Waals surface area contributed by atoms with Crippen LogP contribution in [-0.4, -0.2) is 36.3 Å². The molecule has 1 atom stereocenters. The van der Waals surface area contributed by atoms with Crippen molar-refractivity contribution in [2.24, 2.45) is 11.1 Å². The highest BCUT2D eigenvalue weighted by Gasteiger charge is 2.24. The van der Waals surface area contributed by atoms with Crippen molar-refractivity contribution in [2.45, 2.75) is 51.9 Å². The number of oxime groups is 1. The van der Waals surface area contributed by atoms with Gasteiger partial charge in [0.15, 0.2) is 0 Å². The van der Waals surface area contributed by atoms with Crippen molar-refractivity contribution >= 4 is 17.5 Å². The van der Waals surface area contributed by atoms with E-state index in [1.807, 2.05) is 31.2 Å². The summed E-state index contributed by atoms with van der Waals surface area (Å²) in [5.41, 5.74) is 2.93. The Bertz CT molecular complexity index is 591. The van der Waals surface area contributed by atoms with Gasteiger partial charge in [0.05, 0.1) is 5.71 Å². The van der Waals surface area contributed by atoms with Gasteiger partial charge in [-0.15, -0.1) is 0 Å². The number of piperidine rings is 1. The van der Waals surface area contributed by atoms with Crippen LogP contribution in [-0.2, 0) is 4.84 Å². The summed E-state index contributed by atoms with van der Waals surface area (Å²) in [7, 11) is 0. The van der Waals surface area contributed by atoms with E-state index in [0.717, 1.165) is 42.8 Å². The number of nitrogens with zero attached hydrogens (tertiary/aromatic N) is 2. The average Bonchev–Trinajstić information content (AvgIpc) is 2.64. The summed E-state index contributed by atoms with van der Waals surface area (Å²) in [4.78, 5) is 19.7. The quantitative estimate of drug-likeness (QED) is 0.643. The van der Waals surface area contributed by atoms with Crippen LogP contribution < -0.4 is 5.32 Å². The molecule has 3 rings (SSSR count). The summed E-state index contributed by atoms with van der Waals surface area (Å²) in [6, 6.07) is 7.64. The Kier molecular flexibility index (Phi) is 6.45. The minimum Gasteiger partial charge on any atom is -0.303 e. The smallest absolute Gasteiger partial charge is 0.303 e. The highest BCUT2D eigenvalue weighted by Crippen LogP contribution is 2.24. The van der Waals surface area contributed by atoms with Gasteiger partial charge in [-0.05, 0) is 64.3 Å².